The number of rotatable bonds is 6. The van der Waals surface area contributed by atoms with Crippen molar-refractivity contribution in [3.8, 4) is 27.9 Å². The maximum absolute atomic E-state index is 6.44. The SMILES string of the molecule is c1ccc(-c2ccccc2N(c2ccc3c(c2)oc2ccccc23)c2ccccc2-c2cccc(-n3c4ccccc4c4ccccc43)c2)cc1. The molecule has 3 nitrogen and oxygen atoms in total. The van der Waals surface area contributed by atoms with Crippen LogP contribution in [0, 0.1) is 0 Å². The number of aromatic nitrogens is 1. The van der Waals surface area contributed by atoms with Crippen molar-refractivity contribution >= 4 is 60.8 Å². The minimum absolute atomic E-state index is 0.863. The monoisotopic (exact) mass is 652 g/mol. The fourth-order valence-electron chi connectivity index (χ4n) is 7.72. The second-order valence-corrected chi connectivity index (χ2v) is 12.9. The lowest BCUT2D eigenvalue weighted by Crippen LogP contribution is -2.12. The summed E-state index contributed by atoms with van der Waals surface area (Å²) in [5.74, 6) is 0. The van der Waals surface area contributed by atoms with Crippen LogP contribution < -0.4 is 4.90 Å². The van der Waals surface area contributed by atoms with E-state index in [4.69, 9.17) is 4.42 Å². The fraction of sp³-hybridized carbons (Fsp3) is 0. The van der Waals surface area contributed by atoms with Gasteiger partial charge in [0, 0.05) is 50.1 Å². The minimum atomic E-state index is 0.863. The Morgan fingerprint density at radius 2 is 0.922 bits per heavy atom. The highest BCUT2D eigenvalue weighted by atomic mass is 16.3. The number of para-hydroxylation sites is 5. The van der Waals surface area contributed by atoms with E-state index in [0.717, 1.165) is 66.9 Å². The molecule has 0 bridgehead atoms. The third kappa shape index (κ3) is 4.82. The first kappa shape index (κ1) is 29.1. The summed E-state index contributed by atoms with van der Waals surface area (Å²) >= 11 is 0. The molecular formula is C48H32N2O. The van der Waals surface area contributed by atoms with Crippen LogP contribution in [0.25, 0.3) is 71.7 Å². The quantitative estimate of drug-likeness (QED) is 0.178. The summed E-state index contributed by atoms with van der Waals surface area (Å²) < 4.78 is 8.83. The molecule has 0 aliphatic heterocycles. The van der Waals surface area contributed by atoms with Crippen LogP contribution in [-0.2, 0) is 0 Å². The molecule has 240 valence electrons. The van der Waals surface area contributed by atoms with Crippen molar-refractivity contribution in [3.63, 3.8) is 0 Å². The normalized spacial score (nSPS) is 11.5. The molecule has 51 heavy (non-hydrogen) atoms. The first-order valence-corrected chi connectivity index (χ1v) is 17.4. The summed E-state index contributed by atoms with van der Waals surface area (Å²) in [6.07, 6.45) is 0. The van der Waals surface area contributed by atoms with Gasteiger partial charge in [0.05, 0.1) is 22.4 Å². The van der Waals surface area contributed by atoms with Crippen LogP contribution in [-0.4, -0.2) is 4.57 Å². The van der Waals surface area contributed by atoms with E-state index in [1.165, 1.54) is 21.8 Å². The molecular weight excluding hydrogens is 621 g/mol. The molecule has 0 saturated heterocycles. The van der Waals surface area contributed by atoms with Gasteiger partial charge in [-0.1, -0.05) is 133 Å². The largest absolute Gasteiger partial charge is 0.456 e. The van der Waals surface area contributed by atoms with Gasteiger partial charge in [0.1, 0.15) is 11.2 Å². The van der Waals surface area contributed by atoms with Gasteiger partial charge in [-0.2, -0.15) is 0 Å². The number of hydrogen-bond donors (Lipinski definition) is 0. The molecule has 10 aromatic rings. The van der Waals surface area contributed by atoms with Gasteiger partial charge < -0.3 is 13.9 Å². The van der Waals surface area contributed by atoms with Gasteiger partial charge in [0.25, 0.3) is 0 Å². The Morgan fingerprint density at radius 1 is 0.373 bits per heavy atom. The van der Waals surface area contributed by atoms with Gasteiger partial charge in [-0.05, 0) is 65.7 Å². The summed E-state index contributed by atoms with van der Waals surface area (Å²) in [6.45, 7) is 0. The van der Waals surface area contributed by atoms with Gasteiger partial charge in [-0.3, -0.25) is 0 Å². The number of anilines is 3. The number of hydrogen-bond acceptors (Lipinski definition) is 2. The molecule has 0 aliphatic rings. The highest BCUT2D eigenvalue weighted by molar-refractivity contribution is 6.09. The topological polar surface area (TPSA) is 21.3 Å². The van der Waals surface area contributed by atoms with Gasteiger partial charge in [-0.25, -0.2) is 0 Å². The van der Waals surface area contributed by atoms with Crippen molar-refractivity contribution in [2.45, 2.75) is 0 Å². The van der Waals surface area contributed by atoms with E-state index < -0.39 is 0 Å². The van der Waals surface area contributed by atoms with E-state index in [2.05, 4.69) is 191 Å². The van der Waals surface area contributed by atoms with Crippen LogP contribution in [0.3, 0.4) is 0 Å². The fourth-order valence-corrected chi connectivity index (χ4v) is 7.72. The van der Waals surface area contributed by atoms with E-state index in [0.29, 0.717) is 0 Å². The summed E-state index contributed by atoms with van der Waals surface area (Å²) in [7, 11) is 0. The average molecular weight is 653 g/mol. The van der Waals surface area contributed by atoms with Crippen molar-refractivity contribution in [3.05, 3.63) is 194 Å². The Morgan fingerprint density at radius 3 is 1.65 bits per heavy atom. The number of nitrogens with zero attached hydrogens (tertiary/aromatic N) is 2. The zero-order valence-electron chi connectivity index (χ0n) is 27.8. The summed E-state index contributed by atoms with van der Waals surface area (Å²) in [5, 5.41) is 4.74. The molecule has 0 radical (unpaired) electrons. The zero-order chi connectivity index (χ0) is 33.7. The molecule has 0 fully saturated rings. The van der Waals surface area contributed by atoms with Crippen LogP contribution in [0.1, 0.15) is 0 Å². The smallest absolute Gasteiger partial charge is 0.137 e. The molecule has 0 spiro atoms. The van der Waals surface area contributed by atoms with Gasteiger partial charge >= 0.3 is 0 Å². The Kier molecular flexibility index (Phi) is 6.81. The molecule has 3 heteroatoms. The first-order valence-electron chi connectivity index (χ1n) is 17.4. The lowest BCUT2D eigenvalue weighted by Gasteiger charge is -2.30. The van der Waals surface area contributed by atoms with E-state index in [1.54, 1.807) is 0 Å². The number of benzene rings is 8. The molecule has 0 unspecified atom stereocenters. The van der Waals surface area contributed by atoms with E-state index in [-0.39, 0.29) is 0 Å². The van der Waals surface area contributed by atoms with Crippen LogP contribution in [0.15, 0.2) is 199 Å². The van der Waals surface area contributed by atoms with Gasteiger partial charge in [0.2, 0.25) is 0 Å². The summed E-state index contributed by atoms with van der Waals surface area (Å²) in [4.78, 5) is 2.39. The number of fused-ring (bicyclic) bond motifs is 6. The average Bonchev–Trinajstić information content (AvgIpc) is 3.74. The summed E-state index contributed by atoms with van der Waals surface area (Å²) in [5.41, 5.74) is 13.0. The highest BCUT2D eigenvalue weighted by Gasteiger charge is 2.22. The van der Waals surface area contributed by atoms with Crippen molar-refractivity contribution < 1.29 is 4.42 Å². The predicted molar refractivity (Wildman–Crippen MR) is 214 cm³/mol. The van der Waals surface area contributed by atoms with Crippen molar-refractivity contribution in [1.82, 2.24) is 4.57 Å². The summed E-state index contributed by atoms with van der Waals surface area (Å²) in [6, 6.07) is 69.2. The third-order valence-electron chi connectivity index (χ3n) is 9.99. The molecule has 0 saturated carbocycles. The highest BCUT2D eigenvalue weighted by Crippen LogP contribution is 2.46. The van der Waals surface area contributed by atoms with Crippen LogP contribution in [0.2, 0.25) is 0 Å². The van der Waals surface area contributed by atoms with Crippen LogP contribution >= 0.6 is 0 Å². The Labute approximate surface area is 295 Å². The van der Waals surface area contributed by atoms with Crippen molar-refractivity contribution in [2.24, 2.45) is 0 Å². The Balaban J connectivity index is 1.20. The molecule has 0 N–H and O–H groups in total. The van der Waals surface area contributed by atoms with Gasteiger partial charge in [0.15, 0.2) is 0 Å². The predicted octanol–water partition coefficient (Wildman–Crippen LogP) is 13.5. The standard InChI is InChI=1S/C48H32N2O/c1-2-15-33(16-3-1)37-19-4-9-24-43(37)50(36-29-30-42-41-23-8-13-28-47(41)51-48(42)32-36)44-25-10-5-20-38(44)34-17-14-18-35(31-34)49-45-26-11-6-21-39(45)40-22-7-12-27-46(40)49/h1-32H. The number of furan rings is 1. The van der Waals surface area contributed by atoms with E-state index in [1.807, 2.05) is 12.1 Å². The molecule has 10 rings (SSSR count). The maximum Gasteiger partial charge on any atom is 0.137 e. The molecule has 2 aromatic heterocycles. The molecule has 0 aliphatic carbocycles. The van der Waals surface area contributed by atoms with Crippen LogP contribution in [0.5, 0.6) is 0 Å². The van der Waals surface area contributed by atoms with Crippen LogP contribution in [0.4, 0.5) is 17.1 Å². The van der Waals surface area contributed by atoms with Gasteiger partial charge in [-0.15, -0.1) is 0 Å². The minimum Gasteiger partial charge on any atom is -0.456 e. The molecule has 2 heterocycles. The molecule has 0 atom stereocenters. The molecule has 0 amide bonds. The maximum atomic E-state index is 6.44. The first-order chi connectivity index (χ1) is 25.3. The van der Waals surface area contributed by atoms with E-state index >= 15 is 0 Å². The second-order valence-electron chi connectivity index (χ2n) is 12.9. The van der Waals surface area contributed by atoms with Crippen molar-refractivity contribution in [2.75, 3.05) is 4.90 Å². The van der Waals surface area contributed by atoms with E-state index in [9.17, 15) is 0 Å². The Bertz CT molecular complexity index is 2830. The third-order valence-corrected chi connectivity index (χ3v) is 9.99. The van der Waals surface area contributed by atoms with Crippen molar-refractivity contribution in [1.29, 1.82) is 0 Å². The molecule has 8 aromatic carbocycles. The lowest BCUT2D eigenvalue weighted by atomic mass is 9.98. The Hall–Kier alpha value is -6.84. The second kappa shape index (κ2) is 11.9. The zero-order valence-corrected chi connectivity index (χ0v) is 27.8. The lowest BCUT2D eigenvalue weighted by molar-refractivity contribution is 0.669.